The van der Waals surface area contributed by atoms with Gasteiger partial charge < -0.3 is 0 Å². The molecule has 1 aromatic rings. The number of thiocarbonyl (C=S) groups is 1. The molecule has 0 bridgehead atoms. The van der Waals surface area contributed by atoms with Gasteiger partial charge in [-0.25, -0.2) is 0 Å². The Morgan fingerprint density at radius 1 is 1.60 bits per heavy atom. The van der Waals surface area contributed by atoms with E-state index in [2.05, 4.69) is 17.2 Å². The molecule has 15 heavy (non-hydrogen) atoms. The van der Waals surface area contributed by atoms with Crippen molar-refractivity contribution in [1.29, 1.82) is 0 Å². The lowest BCUT2D eigenvalue weighted by atomic mass is 10.1. The summed E-state index contributed by atoms with van der Waals surface area (Å²) < 4.78 is 0. The van der Waals surface area contributed by atoms with Crippen LogP contribution in [-0.2, 0) is 0 Å². The maximum absolute atomic E-state index is 11.2. The number of carbonyl (C=O) groups excluding carboxylic acids is 1. The second kappa shape index (κ2) is 4.54. The van der Waals surface area contributed by atoms with Crippen molar-refractivity contribution in [2.75, 3.05) is 0 Å². The lowest BCUT2D eigenvalue weighted by Crippen LogP contribution is -1.98. The van der Waals surface area contributed by atoms with Gasteiger partial charge in [0, 0.05) is 17.2 Å². The number of nitrogens with zero attached hydrogens (tertiary/aromatic N) is 2. The number of rotatable bonds is 2. The number of hydrogen-bond donors (Lipinski definition) is 0. The van der Waals surface area contributed by atoms with Gasteiger partial charge in [0.05, 0.1) is 10.1 Å². The van der Waals surface area contributed by atoms with Crippen LogP contribution in [0.15, 0.2) is 23.2 Å². The van der Waals surface area contributed by atoms with Crippen LogP contribution in [0.3, 0.4) is 0 Å². The fourth-order valence-corrected chi connectivity index (χ4v) is 1.13. The number of aryl methyl sites for hydroxylation is 1. The molecule has 0 aliphatic carbocycles. The van der Waals surface area contributed by atoms with Gasteiger partial charge in [0.15, 0.2) is 0 Å². The molecule has 5 nitrogen and oxygen atoms in total. The van der Waals surface area contributed by atoms with Gasteiger partial charge in [-0.05, 0) is 25.2 Å². The maximum atomic E-state index is 11.2. The van der Waals surface area contributed by atoms with Gasteiger partial charge >= 0.3 is 0 Å². The average Bonchev–Trinajstić information content (AvgIpc) is 2.18. The molecule has 6 heteroatoms. The van der Waals surface area contributed by atoms with Crippen LogP contribution in [0.2, 0.25) is 0 Å². The monoisotopic (exact) mass is 222 g/mol. The fraction of sp³-hybridized carbons (Fsp3) is 0.111. The Bertz CT molecular complexity index is 478. The summed E-state index contributed by atoms with van der Waals surface area (Å²) in [5, 5.41) is 12.5. The van der Waals surface area contributed by atoms with Crippen molar-refractivity contribution >= 4 is 29.0 Å². The molecule has 0 spiro atoms. The van der Waals surface area contributed by atoms with E-state index in [1.165, 1.54) is 18.2 Å². The molecule has 0 N–H and O–H groups in total. The quantitative estimate of drug-likeness (QED) is 0.332. The molecule has 1 rings (SSSR count). The number of benzene rings is 1. The predicted molar refractivity (Wildman–Crippen MR) is 57.2 cm³/mol. The lowest BCUT2D eigenvalue weighted by Gasteiger charge is -1.98. The van der Waals surface area contributed by atoms with Crippen LogP contribution >= 0.6 is 12.2 Å². The van der Waals surface area contributed by atoms with Crippen LogP contribution in [0.1, 0.15) is 15.9 Å². The summed E-state index contributed by atoms with van der Waals surface area (Å²) in [5.74, 6) is -0.631. The Morgan fingerprint density at radius 3 is 2.80 bits per heavy atom. The van der Waals surface area contributed by atoms with Gasteiger partial charge in [0.1, 0.15) is 0 Å². The highest BCUT2D eigenvalue weighted by Gasteiger charge is 2.14. The summed E-state index contributed by atoms with van der Waals surface area (Å²) in [7, 11) is 0. The minimum atomic E-state index is -0.631. The van der Waals surface area contributed by atoms with Gasteiger partial charge in [-0.3, -0.25) is 14.9 Å². The largest absolute Gasteiger partial charge is 0.286 e. The lowest BCUT2D eigenvalue weighted by molar-refractivity contribution is -0.385. The molecule has 0 saturated heterocycles. The van der Waals surface area contributed by atoms with Crippen LogP contribution < -0.4 is 0 Å². The van der Waals surface area contributed by atoms with Crippen LogP contribution in [-0.4, -0.2) is 16.0 Å². The fourth-order valence-electron chi connectivity index (χ4n) is 1.05. The smallest absolute Gasteiger partial charge is 0.266 e. The minimum absolute atomic E-state index is 0.111. The number of amides is 1. The first-order valence-electron chi connectivity index (χ1n) is 3.93. The van der Waals surface area contributed by atoms with Gasteiger partial charge in [0.25, 0.3) is 11.6 Å². The molecule has 76 valence electrons. The highest BCUT2D eigenvalue weighted by atomic mass is 32.1. The van der Waals surface area contributed by atoms with Crippen molar-refractivity contribution in [3.63, 3.8) is 0 Å². The first kappa shape index (κ1) is 11.2. The third-order valence-electron chi connectivity index (χ3n) is 1.80. The van der Waals surface area contributed by atoms with Crippen LogP contribution in [0, 0.1) is 17.0 Å². The third-order valence-corrected chi connectivity index (χ3v) is 1.89. The maximum Gasteiger partial charge on any atom is 0.286 e. The van der Waals surface area contributed by atoms with E-state index in [1.54, 1.807) is 6.92 Å². The van der Waals surface area contributed by atoms with Gasteiger partial charge in [-0.15, -0.1) is 0 Å². The second-order valence-corrected chi connectivity index (χ2v) is 2.95. The van der Waals surface area contributed by atoms with E-state index in [-0.39, 0.29) is 11.3 Å². The molecule has 0 atom stereocenters. The number of aliphatic imine (C=N–C) groups is 1. The van der Waals surface area contributed by atoms with E-state index in [9.17, 15) is 14.9 Å². The Morgan fingerprint density at radius 2 is 2.27 bits per heavy atom. The van der Waals surface area contributed by atoms with Crippen molar-refractivity contribution in [3.8, 4) is 0 Å². The van der Waals surface area contributed by atoms with Crippen molar-refractivity contribution in [3.05, 3.63) is 39.4 Å². The number of isothiocyanates is 1. The molecule has 0 aliphatic rings. The Kier molecular flexibility index (Phi) is 3.38. The Balaban J connectivity index is 3.24. The molecule has 0 fully saturated rings. The van der Waals surface area contributed by atoms with Crippen LogP contribution in [0.4, 0.5) is 5.69 Å². The highest BCUT2D eigenvalue weighted by Crippen LogP contribution is 2.19. The van der Waals surface area contributed by atoms with Crippen LogP contribution in [0.5, 0.6) is 0 Å². The van der Waals surface area contributed by atoms with Crippen molar-refractivity contribution < 1.29 is 9.72 Å². The number of nitro benzene ring substituents is 1. The zero-order chi connectivity index (χ0) is 11.4. The molecule has 0 saturated carbocycles. The highest BCUT2D eigenvalue weighted by molar-refractivity contribution is 7.78. The topological polar surface area (TPSA) is 72.6 Å². The van der Waals surface area contributed by atoms with Gasteiger partial charge in [0.2, 0.25) is 0 Å². The first-order chi connectivity index (χ1) is 7.06. The SMILES string of the molecule is Cc1ccc(C(=O)N=C=S)cc1[N+](=O)[O-]. The normalized spacial score (nSPS) is 9.13. The second-order valence-electron chi connectivity index (χ2n) is 2.77. The molecule has 1 aromatic carbocycles. The minimum Gasteiger partial charge on any atom is -0.266 e. The van der Waals surface area contributed by atoms with E-state index in [0.717, 1.165) is 0 Å². The summed E-state index contributed by atoms with van der Waals surface area (Å²) in [4.78, 5) is 24.5. The first-order valence-corrected chi connectivity index (χ1v) is 4.34. The van der Waals surface area contributed by atoms with Crippen molar-refractivity contribution in [2.45, 2.75) is 6.92 Å². The molecule has 0 aliphatic heterocycles. The standard InChI is InChI=1S/C9H6N2O3S/c1-6-2-3-7(9(12)10-5-15)4-8(6)11(13)14/h2-4H,1H3. The van der Waals surface area contributed by atoms with Crippen molar-refractivity contribution in [2.24, 2.45) is 4.99 Å². The summed E-state index contributed by atoms with van der Waals surface area (Å²) in [6.07, 6.45) is 0. The zero-order valence-corrected chi connectivity index (χ0v) is 8.58. The zero-order valence-electron chi connectivity index (χ0n) is 7.76. The van der Waals surface area contributed by atoms with Gasteiger partial charge in [-0.2, -0.15) is 4.99 Å². The van der Waals surface area contributed by atoms with E-state index in [4.69, 9.17) is 0 Å². The summed E-state index contributed by atoms with van der Waals surface area (Å²) >= 11 is 4.27. The Hall–Kier alpha value is -1.91. The number of hydrogen-bond acceptors (Lipinski definition) is 4. The molecule has 0 aromatic heterocycles. The van der Waals surface area contributed by atoms with Crippen molar-refractivity contribution in [1.82, 2.24) is 0 Å². The summed E-state index contributed by atoms with van der Waals surface area (Å²) in [6.45, 7) is 1.59. The molecule has 1 amide bonds. The summed E-state index contributed by atoms with van der Waals surface area (Å²) in [6, 6.07) is 4.12. The molecule has 0 heterocycles. The number of carbonyl (C=O) groups is 1. The average molecular weight is 222 g/mol. The predicted octanol–water partition coefficient (Wildman–Crippen LogP) is 2.15. The van der Waals surface area contributed by atoms with E-state index in [0.29, 0.717) is 5.56 Å². The van der Waals surface area contributed by atoms with E-state index >= 15 is 0 Å². The van der Waals surface area contributed by atoms with E-state index < -0.39 is 10.8 Å². The number of nitro groups is 1. The summed E-state index contributed by atoms with van der Waals surface area (Å²) in [5.41, 5.74) is 0.507. The molecular formula is C9H6N2O3S. The van der Waals surface area contributed by atoms with Crippen LogP contribution in [0.25, 0.3) is 0 Å². The molecular weight excluding hydrogens is 216 g/mol. The third kappa shape index (κ3) is 2.52. The molecule has 0 radical (unpaired) electrons. The Labute approximate surface area is 90.6 Å². The van der Waals surface area contributed by atoms with Gasteiger partial charge in [-0.1, -0.05) is 6.07 Å². The van der Waals surface area contributed by atoms with E-state index in [1.807, 2.05) is 5.16 Å². The molecule has 0 unspecified atom stereocenters.